The van der Waals surface area contributed by atoms with Crippen molar-refractivity contribution in [3.63, 3.8) is 0 Å². The molecule has 2 aromatic rings. The van der Waals surface area contributed by atoms with Crippen LogP contribution in [0.2, 0.25) is 0 Å². The molecule has 1 atom stereocenters. The molecular weight excluding hydrogens is 410 g/mol. The van der Waals surface area contributed by atoms with Gasteiger partial charge in [-0.25, -0.2) is 16.8 Å². The highest BCUT2D eigenvalue weighted by atomic mass is 32.2. The molecule has 0 N–H and O–H groups in total. The van der Waals surface area contributed by atoms with Crippen molar-refractivity contribution >= 4 is 19.7 Å². The van der Waals surface area contributed by atoms with E-state index >= 15 is 0 Å². The number of nitrogens with zero attached hydrogens (tertiary/aromatic N) is 1. The van der Waals surface area contributed by atoms with Gasteiger partial charge >= 0.3 is 0 Å². The number of rotatable bonds is 6. The van der Waals surface area contributed by atoms with Gasteiger partial charge in [0.25, 0.3) is 0 Å². The Morgan fingerprint density at radius 2 is 1.66 bits per heavy atom. The number of fused-ring (bicyclic) bond motifs is 1. The molecule has 0 aromatic heterocycles. The summed E-state index contributed by atoms with van der Waals surface area (Å²) in [6.45, 7) is 3.62. The number of ether oxygens (including phenoxy) is 1. The van der Waals surface area contributed by atoms with E-state index in [1.165, 1.54) is 37.5 Å². The van der Waals surface area contributed by atoms with E-state index in [0.717, 1.165) is 19.6 Å². The first kappa shape index (κ1) is 20.4. The van der Waals surface area contributed by atoms with Crippen molar-refractivity contribution < 1.29 is 21.6 Å². The second-order valence-electron chi connectivity index (χ2n) is 7.58. The van der Waals surface area contributed by atoms with Crippen LogP contribution in [0.3, 0.4) is 0 Å². The zero-order valence-electron chi connectivity index (χ0n) is 16.2. The summed E-state index contributed by atoms with van der Waals surface area (Å²) >= 11 is 0. The van der Waals surface area contributed by atoms with Crippen LogP contribution >= 0.6 is 0 Å². The molecule has 0 bridgehead atoms. The lowest BCUT2D eigenvalue weighted by molar-refractivity contribution is 0.183. The summed E-state index contributed by atoms with van der Waals surface area (Å²) in [5, 5.41) is -1.07. The van der Waals surface area contributed by atoms with Crippen molar-refractivity contribution in [3.05, 3.63) is 54.1 Å². The molecule has 156 valence electrons. The maximum atomic E-state index is 13.1. The monoisotopic (exact) mass is 435 g/mol. The molecule has 2 aliphatic heterocycles. The lowest BCUT2D eigenvalue weighted by Crippen LogP contribution is -2.33. The molecule has 0 spiro atoms. The van der Waals surface area contributed by atoms with Crippen LogP contribution in [0.1, 0.15) is 30.1 Å². The highest BCUT2D eigenvalue weighted by Crippen LogP contribution is 2.41. The van der Waals surface area contributed by atoms with E-state index in [9.17, 15) is 16.8 Å². The molecule has 0 saturated carbocycles. The quantitative estimate of drug-likeness (QED) is 0.694. The van der Waals surface area contributed by atoms with E-state index in [1.54, 1.807) is 30.3 Å². The fourth-order valence-electron chi connectivity index (χ4n) is 4.03. The van der Waals surface area contributed by atoms with E-state index in [2.05, 4.69) is 4.90 Å². The van der Waals surface area contributed by atoms with Crippen LogP contribution in [-0.2, 0) is 19.7 Å². The fraction of sp³-hybridized carbons (Fsp3) is 0.429. The highest BCUT2D eigenvalue weighted by molar-refractivity contribution is 7.96. The van der Waals surface area contributed by atoms with Crippen molar-refractivity contribution in [1.29, 1.82) is 0 Å². The number of piperidine rings is 1. The largest absolute Gasteiger partial charge is 0.492 e. The Bertz CT molecular complexity index is 1070. The van der Waals surface area contributed by atoms with E-state index in [4.69, 9.17) is 4.74 Å². The van der Waals surface area contributed by atoms with Crippen molar-refractivity contribution in [2.45, 2.75) is 34.3 Å². The summed E-state index contributed by atoms with van der Waals surface area (Å²) in [6.07, 6.45) is 3.75. The lowest BCUT2D eigenvalue weighted by Gasteiger charge is -2.26. The Kier molecular flexibility index (Phi) is 5.68. The summed E-state index contributed by atoms with van der Waals surface area (Å²) in [6, 6.07) is 12.6. The van der Waals surface area contributed by atoms with E-state index in [0.29, 0.717) is 17.9 Å². The number of likely N-dealkylation sites (tertiary alicyclic amines) is 1. The Balaban J connectivity index is 1.46. The van der Waals surface area contributed by atoms with Gasteiger partial charge in [-0.15, -0.1) is 0 Å². The minimum Gasteiger partial charge on any atom is -0.492 e. The molecule has 0 radical (unpaired) electrons. The van der Waals surface area contributed by atoms with Gasteiger partial charge in [0.05, 0.1) is 15.5 Å². The summed E-state index contributed by atoms with van der Waals surface area (Å²) in [7, 11) is -7.41. The van der Waals surface area contributed by atoms with E-state index < -0.39 is 30.7 Å². The minimum atomic E-state index is -3.82. The van der Waals surface area contributed by atoms with Crippen LogP contribution in [0, 0.1) is 0 Å². The molecule has 0 aliphatic carbocycles. The number of hydrogen-bond acceptors (Lipinski definition) is 6. The summed E-state index contributed by atoms with van der Waals surface area (Å²) in [5.74, 6) is 0.198. The van der Waals surface area contributed by atoms with Crippen LogP contribution in [0.15, 0.2) is 58.3 Å². The Morgan fingerprint density at radius 1 is 0.966 bits per heavy atom. The predicted octanol–water partition coefficient (Wildman–Crippen LogP) is 2.85. The molecule has 6 nitrogen and oxygen atoms in total. The summed E-state index contributed by atoms with van der Waals surface area (Å²) in [5.41, 5.74) is 0.356. The molecule has 2 aromatic carbocycles. The normalized spacial score (nSPS) is 21.6. The van der Waals surface area contributed by atoms with Crippen LogP contribution in [-0.4, -0.2) is 53.7 Å². The third kappa shape index (κ3) is 4.20. The fourth-order valence-corrected chi connectivity index (χ4v) is 8.36. The Hall–Kier alpha value is -1.90. The minimum absolute atomic E-state index is 0.109. The highest BCUT2D eigenvalue weighted by Gasteiger charge is 2.42. The third-order valence-electron chi connectivity index (χ3n) is 5.62. The average molecular weight is 436 g/mol. The van der Waals surface area contributed by atoms with Crippen LogP contribution in [0.5, 0.6) is 5.75 Å². The summed E-state index contributed by atoms with van der Waals surface area (Å²) in [4.78, 5) is 2.60. The van der Waals surface area contributed by atoms with Gasteiger partial charge in [0.15, 0.2) is 19.7 Å². The number of benzene rings is 2. The van der Waals surface area contributed by atoms with Gasteiger partial charge in [0, 0.05) is 6.54 Å². The molecule has 1 fully saturated rings. The van der Waals surface area contributed by atoms with Gasteiger partial charge in [-0.1, -0.05) is 24.6 Å². The first-order valence-electron chi connectivity index (χ1n) is 9.89. The molecule has 29 heavy (non-hydrogen) atoms. The van der Waals surface area contributed by atoms with Gasteiger partial charge < -0.3 is 4.74 Å². The smallest absolute Gasteiger partial charge is 0.186 e. The van der Waals surface area contributed by atoms with Gasteiger partial charge in [-0.05, 0) is 61.8 Å². The van der Waals surface area contributed by atoms with Crippen LogP contribution < -0.4 is 4.74 Å². The molecule has 4 rings (SSSR count). The standard InChI is InChI=1S/C21H25NO5S2/c23-28(24)16-21(19-6-2-3-7-20(19)28)29(25,26)18-10-8-17(9-11-18)27-15-14-22-12-4-1-5-13-22/h2-3,6-11,21H,1,4-5,12-16H2. The third-order valence-corrected chi connectivity index (χ3v) is 9.75. The number of hydrogen-bond donors (Lipinski definition) is 0. The first-order valence-corrected chi connectivity index (χ1v) is 13.1. The zero-order valence-corrected chi connectivity index (χ0v) is 17.8. The Morgan fingerprint density at radius 3 is 2.38 bits per heavy atom. The van der Waals surface area contributed by atoms with Gasteiger partial charge in [0.2, 0.25) is 0 Å². The van der Waals surface area contributed by atoms with E-state index in [-0.39, 0.29) is 9.79 Å². The maximum Gasteiger partial charge on any atom is 0.186 e. The zero-order chi connectivity index (χ0) is 20.5. The molecule has 2 aliphatic rings. The lowest BCUT2D eigenvalue weighted by atomic mass is 10.1. The van der Waals surface area contributed by atoms with Crippen LogP contribution in [0.25, 0.3) is 0 Å². The predicted molar refractivity (Wildman–Crippen MR) is 111 cm³/mol. The second kappa shape index (κ2) is 8.08. The maximum absolute atomic E-state index is 13.1. The number of sulfone groups is 2. The molecule has 1 saturated heterocycles. The first-order chi connectivity index (χ1) is 13.9. The average Bonchev–Trinajstić information content (AvgIpc) is 3.01. The topological polar surface area (TPSA) is 80.8 Å². The molecular formula is C21H25NO5S2. The molecule has 1 unspecified atom stereocenters. The Labute approximate surface area is 172 Å². The van der Waals surface area contributed by atoms with E-state index in [1.807, 2.05) is 0 Å². The van der Waals surface area contributed by atoms with Gasteiger partial charge in [-0.3, -0.25) is 4.90 Å². The van der Waals surface area contributed by atoms with Gasteiger partial charge in [-0.2, -0.15) is 0 Å². The van der Waals surface area contributed by atoms with Gasteiger partial charge in [0.1, 0.15) is 17.6 Å². The summed E-state index contributed by atoms with van der Waals surface area (Å²) < 4.78 is 56.7. The molecule has 2 heterocycles. The van der Waals surface area contributed by atoms with Crippen molar-refractivity contribution in [2.24, 2.45) is 0 Å². The molecule has 8 heteroatoms. The van der Waals surface area contributed by atoms with Crippen molar-refractivity contribution in [2.75, 3.05) is 32.0 Å². The van der Waals surface area contributed by atoms with Crippen LogP contribution in [0.4, 0.5) is 0 Å². The van der Waals surface area contributed by atoms with Crippen molar-refractivity contribution in [1.82, 2.24) is 4.90 Å². The second-order valence-corrected chi connectivity index (χ2v) is 11.7. The SMILES string of the molecule is O=S1(=O)CC(S(=O)(=O)c2ccc(OCCN3CCCCC3)cc2)c2ccccc21. The molecule has 0 amide bonds. The van der Waals surface area contributed by atoms with Crippen molar-refractivity contribution in [3.8, 4) is 5.75 Å².